The molecule has 2 unspecified atom stereocenters. The van der Waals surface area contributed by atoms with Crippen molar-refractivity contribution < 1.29 is 27.4 Å². The predicted octanol–water partition coefficient (Wildman–Crippen LogP) is 2.67. The van der Waals surface area contributed by atoms with Crippen molar-refractivity contribution in [2.45, 2.75) is 18.7 Å². The monoisotopic (exact) mass is 394 g/mol. The number of hydrogen-bond acceptors (Lipinski definition) is 5. The van der Waals surface area contributed by atoms with Crippen molar-refractivity contribution in [3.63, 3.8) is 0 Å². The Morgan fingerprint density at radius 1 is 1.32 bits per heavy atom. The lowest BCUT2D eigenvalue weighted by atomic mass is 9.99. The molecular formula is C18H17F3N4O3. The number of benzene rings is 1. The van der Waals surface area contributed by atoms with Gasteiger partial charge in [-0.15, -0.1) is 0 Å². The summed E-state index contributed by atoms with van der Waals surface area (Å²) in [6.45, 7) is 0.536. The maximum atomic E-state index is 13.5. The molecule has 0 aliphatic carbocycles. The van der Waals surface area contributed by atoms with E-state index in [0.717, 1.165) is 0 Å². The third-order valence-corrected chi connectivity index (χ3v) is 4.23. The third-order valence-electron chi connectivity index (χ3n) is 4.23. The number of amides is 1. The van der Waals surface area contributed by atoms with Crippen molar-refractivity contribution in [3.8, 4) is 11.8 Å². The first-order chi connectivity index (χ1) is 13.4. The Bertz CT molecular complexity index is 852. The number of alkyl halides is 3. The van der Waals surface area contributed by atoms with Crippen LogP contribution in [0.1, 0.15) is 12.0 Å². The molecule has 1 saturated heterocycles. The lowest BCUT2D eigenvalue weighted by Crippen LogP contribution is -2.41. The van der Waals surface area contributed by atoms with E-state index in [-0.39, 0.29) is 19.0 Å². The number of ether oxygens (including phenoxy) is 2. The van der Waals surface area contributed by atoms with Crippen LogP contribution in [0.15, 0.2) is 36.5 Å². The zero-order valence-corrected chi connectivity index (χ0v) is 14.6. The van der Waals surface area contributed by atoms with Crippen LogP contribution in [-0.4, -0.2) is 47.8 Å². The van der Waals surface area contributed by atoms with Crippen LogP contribution < -0.4 is 5.32 Å². The maximum Gasteiger partial charge on any atom is 0.400 e. The normalized spacial score (nSPS) is 18.3. The van der Waals surface area contributed by atoms with Gasteiger partial charge in [-0.1, -0.05) is 0 Å². The number of nitriles is 1. The summed E-state index contributed by atoms with van der Waals surface area (Å²) in [7, 11) is 0. The summed E-state index contributed by atoms with van der Waals surface area (Å²) in [4.78, 5) is 12.4. The standard InChI is InChI=1S/C18H17F3N4O3/c19-18(20,21)15(9-14-11-27-7-8-28-14)17(26)24-16-5-6-23-25(16)13-3-1-12(10-22)2-4-13/h1-6,14-15H,7-9,11H2,(H,24,26). The molecule has 1 fully saturated rings. The second-order valence-corrected chi connectivity index (χ2v) is 6.17. The van der Waals surface area contributed by atoms with Gasteiger partial charge in [-0.3, -0.25) is 4.79 Å². The van der Waals surface area contributed by atoms with Gasteiger partial charge in [-0.2, -0.15) is 23.5 Å². The fraction of sp³-hybridized carbons (Fsp3) is 0.389. The van der Waals surface area contributed by atoms with Crippen LogP contribution in [0.25, 0.3) is 5.69 Å². The minimum atomic E-state index is -4.73. The molecule has 1 amide bonds. The highest BCUT2D eigenvalue weighted by molar-refractivity contribution is 5.92. The van der Waals surface area contributed by atoms with E-state index in [4.69, 9.17) is 14.7 Å². The van der Waals surface area contributed by atoms with Gasteiger partial charge >= 0.3 is 6.18 Å². The van der Waals surface area contributed by atoms with Crippen LogP contribution in [-0.2, 0) is 14.3 Å². The zero-order valence-electron chi connectivity index (χ0n) is 14.6. The highest BCUT2D eigenvalue weighted by Crippen LogP contribution is 2.32. The smallest absolute Gasteiger partial charge is 0.376 e. The van der Waals surface area contributed by atoms with Gasteiger partial charge in [0.2, 0.25) is 5.91 Å². The summed E-state index contributed by atoms with van der Waals surface area (Å²) in [5, 5.41) is 15.2. The first-order valence-corrected chi connectivity index (χ1v) is 8.50. The molecule has 2 aromatic rings. The summed E-state index contributed by atoms with van der Waals surface area (Å²) in [5.74, 6) is -3.36. The molecule has 1 aromatic heterocycles. The Labute approximate surface area is 158 Å². The molecule has 1 aliphatic heterocycles. The molecule has 0 spiro atoms. The van der Waals surface area contributed by atoms with E-state index < -0.39 is 30.5 Å². The van der Waals surface area contributed by atoms with Crippen LogP contribution in [0.5, 0.6) is 0 Å². The van der Waals surface area contributed by atoms with Crippen molar-refractivity contribution in [1.29, 1.82) is 5.26 Å². The molecule has 1 N–H and O–H groups in total. The first kappa shape index (κ1) is 19.9. The average Bonchev–Trinajstić information content (AvgIpc) is 3.14. The fourth-order valence-corrected chi connectivity index (χ4v) is 2.82. The molecule has 1 aliphatic rings. The van der Waals surface area contributed by atoms with E-state index in [2.05, 4.69) is 10.4 Å². The Morgan fingerprint density at radius 3 is 2.68 bits per heavy atom. The van der Waals surface area contributed by atoms with Crippen LogP contribution in [0.4, 0.5) is 19.0 Å². The number of aromatic nitrogens is 2. The van der Waals surface area contributed by atoms with E-state index in [1.54, 1.807) is 24.3 Å². The van der Waals surface area contributed by atoms with Crippen LogP contribution in [0, 0.1) is 17.2 Å². The van der Waals surface area contributed by atoms with Crippen molar-refractivity contribution in [2.75, 3.05) is 25.1 Å². The second kappa shape index (κ2) is 8.41. The minimum Gasteiger partial charge on any atom is -0.376 e. The third kappa shape index (κ3) is 4.68. The van der Waals surface area contributed by atoms with E-state index in [1.807, 2.05) is 6.07 Å². The van der Waals surface area contributed by atoms with Crippen LogP contribution >= 0.6 is 0 Å². The first-order valence-electron chi connectivity index (χ1n) is 8.50. The SMILES string of the molecule is N#Cc1ccc(-n2nccc2NC(=O)C(CC2COCCO2)C(F)(F)F)cc1. The number of hydrogen-bond donors (Lipinski definition) is 1. The molecule has 3 rings (SSSR count). The van der Waals surface area contributed by atoms with Crippen LogP contribution in [0.3, 0.4) is 0 Å². The van der Waals surface area contributed by atoms with Gasteiger partial charge < -0.3 is 14.8 Å². The number of nitrogens with one attached hydrogen (secondary N) is 1. The lowest BCUT2D eigenvalue weighted by molar-refractivity contribution is -0.192. The van der Waals surface area contributed by atoms with Gasteiger partial charge in [0.15, 0.2) is 0 Å². The fourth-order valence-electron chi connectivity index (χ4n) is 2.82. The Hall–Kier alpha value is -2.90. The van der Waals surface area contributed by atoms with E-state index in [1.165, 1.54) is 16.9 Å². The number of halogens is 3. The predicted molar refractivity (Wildman–Crippen MR) is 91.6 cm³/mol. The molecule has 0 saturated carbocycles. The van der Waals surface area contributed by atoms with Gasteiger partial charge in [-0.05, 0) is 30.7 Å². The molecular weight excluding hydrogens is 377 g/mol. The maximum absolute atomic E-state index is 13.5. The molecule has 10 heteroatoms. The number of carbonyl (C=O) groups excluding carboxylic acids is 1. The van der Waals surface area contributed by atoms with Crippen molar-refractivity contribution in [2.24, 2.45) is 5.92 Å². The highest BCUT2D eigenvalue weighted by atomic mass is 19.4. The molecule has 2 atom stereocenters. The highest BCUT2D eigenvalue weighted by Gasteiger charge is 2.46. The quantitative estimate of drug-likeness (QED) is 0.842. The number of nitrogens with zero attached hydrogens (tertiary/aromatic N) is 3. The summed E-state index contributed by atoms with van der Waals surface area (Å²) >= 11 is 0. The molecule has 2 heterocycles. The molecule has 1 aromatic carbocycles. The molecule has 0 bridgehead atoms. The van der Waals surface area contributed by atoms with E-state index in [0.29, 0.717) is 17.9 Å². The Morgan fingerprint density at radius 2 is 2.07 bits per heavy atom. The molecule has 28 heavy (non-hydrogen) atoms. The molecule has 148 valence electrons. The van der Waals surface area contributed by atoms with Crippen molar-refractivity contribution >= 4 is 11.7 Å². The summed E-state index contributed by atoms with van der Waals surface area (Å²) in [6.07, 6.45) is -4.70. The van der Waals surface area contributed by atoms with Gasteiger partial charge in [0.05, 0.1) is 49.4 Å². The van der Waals surface area contributed by atoms with E-state index in [9.17, 15) is 18.0 Å². The van der Waals surface area contributed by atoms with Crippen molar-refractivity contribution in [3.05, 3.63) is 42.1 Å². The zero-order chi connectivity index (χ0) is 20.1. The molecule has 7 nitrogen and oxygen atoms in total. The number of anilines is 1. The lowest BCUT2D eigenvalue weighted by Gasteiger charge is -2.27. The minimum absolute atomic E-state index is 0.0169. The molecule has 0 radical (unpaired) electrons. The Balaban J connectivity index is 1.76. The van der Waals surface area contributed by atoms with Gasteiger partial charge in [0.1, 0.15) is 11.7 Å². The topological polar surface area (TPSA) is 89.2 Å². The van der Waals surface area contributed by atoms with E-state index >= 15 is 0 Å². The van der Waals surface area contributed by atoms with Gasteiger partial charge in [0.25, 0.3) is 0 Å². The number of rotatable bonds is 5. The second-order valence-electron chi connectivity index (χ2n) is 6.17. The largest absolute Gasteiger partial charge is 0.400 e. The van der Waals surface area contributed by atoms with Gasteiger partial charge in [0, 0.05) is 6.07 Å². The van der Waals surface area contributed by atoms with Crippen molar-refractivity contribution in [1.82, 2.24) is 9.78 Å². The summed E-state index contributed by atoms with van der Waals surface area (Å²) in [5.41, 5.74) is 0.917. The Kier molecular flexibility index (Phi) is 5.96. The number of carbonyl (C=O) groups is 1. The summed E-state index contributed by atoms with van der Waals surface area (Å²) < 4.78 is 52.0. The van der Waals surface area contributed by atoms with Crippen LogP contribution in [0.2, 0.25) is 0 Å². The average molecular weight is 394 g/mol. The van der Waals surface area contributed by atoms with Gasteiger partial charge in [-0.25, -0.2) is 4.68 Å². The summed E-state index contributed by atoms with van der Waals surface area (Å²) in [6, 6.07) is 9.61.